The fourth-order valence-corrected chi connectivity index (χ4v) is 3.36. The maximum atomic E-state index is 13.3. The standard InChI is InChI=1S/C21H22N4O3/c1-3-13-22-19-18-20(26)24(14-9-11-15(12-10-14)28-4-2)21(27)25(18)17-8-6-5-7-16(17)23-19/h5-12,22-23H,3-4,13H2,1-2H3. The van der Waals surface area contributed by atoms with Crippen LogP contribution in [0, 0.1) is 0 Å². The molecule has 0 aliphatic carbocycles. The molecule has 7 heteroatoms. The van der Waals surface area contributed by atoms with Crippen LogP contribution >= 0.6 is 0 Å². The van der Waals surface area contributed by atoms with Crippen LogP contribution in [0.25, 0.3) is 22.4 Å². The predicted molar refractivity (Wildman–Crippen MR) is 111 cm³/mol. The van der Waals surface area contributed by atoms with Crippen molar-refractivity contribution in [2.75, 3.05) is 18.5 Å². The van der Waals surface area contributed by atoms with Crippen molar-refractivity contribution in [1.29, 1.82) is 0 Å². The number of rotatable bonds is 6. The van der Waals surface area contributed by atoms with Gasteiger partial charge in [-0.1, -0.05) is 19.1 Å². The van der Waals surface area contributed by atoms with Gasteiger partial charge in [-0.25, -0.2) is 9.36 Å². The van der Waals surface area contributed by atoms with Gasteiger partial charge >= 0.3 is 5.69 Å². The number of H-pyrrole nitrogens is 1. The largest absolute Gasteiger partial charge is 0.494 e. The Bertz CT molecular complexity index is 1200. The Morgan fingerprint density at radius 2 is 1.75 bits per heavy atom. The van der Waals surface area contributed by atoms with Gasteiger partial charge in [0.25, 0.3) is 5.56 Å². The van der Waals surface area contributed by atoms with E-state index in [2.05, 4.69) is 10.3 Å². The molecule has 0 saturated carbocycles. The third-order valence-corrected chi connectivity index (χ3v) is 4.61. The Hall–Kier alpha value is -3.48. The molecule has 2 aliphatic rings. The molecule has 144 valence electrons. The number of hydrogen-bond acceptors (Lipinski definition) is 4. The fourth-order valence-electron chi connectivity index (χ4n) is 3.36. The summed E-state index contributed by atoms with van der Waals surface area (Å²) in [6.45, 7) is 5.19. The van der Waals surface area contributed by atoms with Gasteiger partial charge in [0.05, 0.1) is 23.3 Å². The number of para-hydroxylation sites is 2. The number of benzene rings is 2. The summed E-state index contributed by atoms with van der Waals surface area (Å²) >= 11 is 0. The van der Waals surface area contributed by atoms with E-state index < -0.39 is 5.69 Å². The lowest BCUT2D eigenvalue weighted by Gasteiger charge is -2.13. The first kappa shape index (κ1) is 17.9. The van der Waals surface area contributed by atoms with Crippen LogP contribution in [0.5, 0.6) is 5.75 Å². The van der Waals surface area contributed by atoms with Gasteiger partial charge in [0, 0.05) is 6.54 Å². The topological polar surface area (TPSA) is 81.1 Å². The number of hydrogen-bond donors (Lipinski definition) is 2. The summed E-state index contributed by atoms with van der Waals surface area (Å²) in [4.78, 5) is 29.8. The smallest absolute Gasteiger partial charge is 0.341 e. The van der Waals surface area contributed by atoms with Gasteiger partial charge in [0.1, 0.15) is 11.6 Å². The van der Waals surface area contributed by atoms with E-state index in [1.807, 2.05) is 38.1 Å². The number of imidazole rings is 1. The van der Waals surface area contributed by atoms with Crippen LogP contribution in [0.1, 0.15) is 20.3 Å². The van der Waals surface area contributed by atoms with Crippen molar-refractivity contribution in [2.24, 2.45) is 0 Å². The zero-order valence-electron chi connectivity index (χ0n) is 15.9. The average Bonchev–Trinajstić information content (AvgIpc) is 2.98. The van der Waals surface area contributed by atoms with Crippen LogP contribution in [-0.4, -0.2) is 27.3 Å². The highest BCUT2D eigenvalue weighted by atomic mass is 16.5. The van der Waals surface area contributed by atoms with Crippen LogP contribution < -0.4 is 21.3 Å². The van der Waals surface area contributed by atoms with Gasteiger partial charge in [-0.2, -0.15) is 0 Å². The van der Waals surface area contributed by atoms with Crippen LogP contribution in [0.4, 0.5) is 5.82 Å². The molecule has 7 nitrogen and oxygen atoms in total. The molecule has 0 unspecified atom stereocenters. The van der Waals surface area contributed by atoms with Gasteiger partial charge in [0.2, 0.25) is 0 Å². The van der Waals surface area contributed by atoms with E-state index in [-0.39, 0.29) is 5.56 Å². The van der Waals surface area contributed by atoms with Gasteiger partial charge < -0.3 is 15.0 Å². The number of ether oxygens (including phenoxy) is 1. The third kappa shape index (κ3) is 2.85. The number of nitrogens with one attached hydrogen (secondary N) is 2. The van der Waals surface area contributed by atoms with E-state index in [4.69, 9.17) is 4.74 Å². The maximum Gasteiger partial charge on any atom is 0.341 e. The minimum atomic E-state index is -0.395. The average molecular weight is 378 g/mol. The molecular weight excluding hydrogens is 356 g/mol. The Kier molecular flexibility index (Phi) is 4.65. The van der Waals surface area contributed by atoms with Crippen LogP contribution in [0.15, 0.2) is 58.1 Å². The molecule has 0 saturated heterocycles. The summed E-state index contributed by atoms with van der Waals surface area (Å²) in [5.41, 5.74) is 1.49. The lowest BCUT2D eigenvalue weighted by atomic mass is 10.2. The quantitative estimate of drug-likeness (QED) is 0.540. The number of fused-ring (bicyclic) bond motifs is 3. The van der Waals surface area contributed by atoms with Crippen molar-refractivity contribution in [1.82, 2.24) is 14.1 Å². The van der Waals surface area contributed by atoms with Crippen LogP contribution in [0.2, 0.25) is 0 Å². The van der Waals surface area contributed by atoms with Crippen molar-refractivity contribution in [3.63, 3.8) is 0 Å². The molecule has 28 heavy (non-hydrogen) atoms. The van der Waals surface area contributed by atoms with Crippen molar-refractivity contribution in [2.45, 2.75) is 20.3 Å². The lowest BCUT2D eigenvalue weighted by Crippen LogP contribution is -2.25. The first-order chi connectivity index (χ1) is 13.7. The summed E-state index contributed by atoms with van der Waals surface area (Å²) in [6.07, 6.45) is 0.894. The highest BCUT2D eigenvalue weighted by Crippen LogP contribution is 2.23. The molecule has 0 fully saturated rings. The molecular formula is C21H22N4O3. The number of nitrogens with zero attached hydrogens (tertiary/aromatic N) is 2. The van der Waals surface area contributed by atoms with E-state index in [1.54, 1.807) is 24.3 Å². The van der Waals surface area contributed by atoms with Gasteiger partial charge in [-0.15, -0.1) is 0 Å². The van der Waals surface area contributed by atoms with Gasteiger partial charge in [0.15, 0.2) is 5.69 Å². The first-order valence-corrected chi connectivity index (χ1v) is 9.41. The lowest BCUT2D eigenvalue weighted by molar-refractivity contribution is 0.340. The van der Waals surface area contributed by atoms with E-state index >= 15 is 0 Å². The van der Waals surface area contributed by atoms with E-state index in [0.717, 1.165) is 11.9 Å². The maximum absolute atomic E-state index is 13.3. The molecule has 0 spiro atoms. The highest BCUT2D eigenvalue weighted by molar-refractivity contribution is 5.81. The second-order valence-electron chi connectivity index (χ2n) is 6.48. The highest BCUT2D eigenvalue weighted by Gasteiger charge is 2.24. The zero-order valence-corrected chi connectivity index (χ0v) is 15.9. The molecule has 0 radical (unpaired) electrons. The monoisotopic (exact) mass is 378 g/mol. The van der Waals surface area contributed by atoms with Crippen LogP contribution in [0.3, 0.4) is 0 Å². The molecule has 2 aromatic rings. The number of anilines is 1. The minimum Gasteiger partial charge on any atom is -0.494 e. The van der Waals surface area contributed by atoms with E-state index in [9.17, 15) is 9.59 Å². The molecule has 2 aromatic carbocycles. The summed E-state index contributed by atoms with van der Waals surface area (Å²) in [5, 5.41) is 3.24. The summed E-state index contributed by atoms with van der Waals surface area (Å²) in [7, 11) is 0. The van der Waals surface area contributed by atoms with E-state index in [1.165, 1.54) is 9.13 Å². The van der Waals surface area contributed by atoms with Crippen molar-refractivity contribution in [3.05, 3.63) is 69.4 Å². The second-order valence-corrected chi connectivity index (χ2v) is 6.48. The Morgan fingerprint density at radius 3 is 2.46 bits per heavy atom. The summed E-state index contributed by atoms with van der Waals surface area (Å²) in [5.74, 6) is 1.24. The van der Waals surface area contributed by atoms with Crippen molar-refractivity contribution in [3.8, 4) is 17.1 Å². The van der Waals surface area contributed by atoms with E-state index in [0.29, 0.717) is 41.6 Å². The molecule has 0 aromatic heterocycles. The van der Waals surface area contributed by atoms with Gasteiger partial charge in [-0.3, -0.25) is 9.36 Å². The Balaban J connectivity index is 2.00. The molecule has 0 bridgehead atoms. The molecule has 0 amide bonds. The zero-order chi connectivity index (χ0) is 19.7. The minimum absolute atomic E-state index is 0.311. The summed E-state index contributed by atoms with van der Waals surface area (Å²) < 4.78 is 8.12. The number of aromatic nitrogens is 3. The number of aromatic amines is 1. The van der Waals surface area contributed by atoms with Gasteiger partial charge in [-0.05, 0) is 49.7 Å². The molecule has 2 heterocycles. The van der Waals surface area contributed by atoms with Crippen LogP contribution in [-0.2, 0) is 0 Å². The third-order valence-electron chi connectivity index (χ3n) is 4.61. The Labute approximate surface area is 161 Å². The molecule has 4 rings (SSSR count). The molecule has 2 aliphatic heterocycles. The second kappa shape index (κ2) is 7.26. The Morgan fingerprint density at radius 1 is 1.00 bits per heavy atom. The first-order valence-electron chi connectivity index (χ1n) is 9.41. The van der Waals surface area contributed by atoms with Crippen molar-refractivity contribution < 1.29 is 4.74 Å². The molecule has 2 N–H and O–H groups in total. The SMILES string of the molecule is CCCNc1[nH]c2ccccc2n2c(=O)n(-c3ccc(OCC)cc3)c(=O)c1-2. The van der Waals surface area contributed by atoms with Crippen molar-refractivity contribution >= 4 is 16.9 Å². The summed E-state index contributed by atoms with van der Waals surface area (Å²) in [6, 6.07) is 14.4. The predicted octanol–water partition coefficient (Wildman–Crippen LogP) is 3.13. The fraction of sp³-hybridized carbons (Fsp3) is 0.238. The normalized spacial score (nSPS) is 11.2. The molecule has 0 atom stereocenters.